The molecule has 20 heavy (non-hydrogen) atoms. The lowest BCUT2D eigenvalue weighted by Gasteiger charge is -2.11. The van der Waals surface area contributed by atoms with E-state index in [0.717, 1.165) is 5.56 Å². The number of rotatable bonds is 2. The number of hydrogen-bond donors (Lipinski definition) is 0. The van der Waals surface area contributed by atoms with E-state index in [4.69, 9.17) is 11.6 Å². The van der Waals surface area contributed by atoms with E-state index in [9.17, 15) is 9.59 Å². The number of aromatic nitrogens is 2. The SMILES string of the molecule is COC(=O)c1nn(-c2cc(Cl)ccc2C)cc(C)c1=O. The molecule has 0 saturated heterocycles. The van der Waals surface area contributed by atoms with E-state index in [-0.39, 0.29) is 5.69 Å². The molecule has 0 radical (unpaired) electrons. The number of nitrogens with zero attached hydrogens (tertiary/aromatic N) is 2. The normalized spacial score (nSPS) is 10.4. The Kier molecular flexibility index (Phi) is 3.90. The molecule has 0 fully saturated rings. The first kappa shape index (κ1) is 14.3. The third-order valence-electron chi connectivity index (χ3n) is 2.89. The summed E-state index contributed by atoms with van der Waals surface area (Å²) in [6, 6.07) is 5.32. The molecule has 0 N–H and O–H groups in total. The molecule has 0 aliphatic heterocycles. The summed E-state index contributed by atoms with van der Waals surface area (Å²) in [4.78, 5) is 23.5. The van der Waals surface area contributed by atoms with Gasteiger partial charge in [-0.3, -0.25) is 4.79 Å². The van der Waals surface area contributed by atoms with Gasteiger partial charge in [-0.15, -0.1) is 0 Å². The Morgan fingerprint density at radius 1 is 1.30 bits per heavy atom. The third-order valence-corrected chi connectivity index (χ3v) is 3.13. The van der Waals surface area contributed by atoms with E-state index >= 15 is 0 Å². The number of methoxy groups -OCH3 is 1. The zero-order valence-electron chi connectivity index (χ0n) is 11.3. The minimum atomic E-state index is -0.757. The molecule has 2 rings (SSSR count). The number of carbonyl (C=O) groups excluding carboxylic acids is 1. The maximum atomic E-state index is 11.9. The van der Waals surface area contributed by atoms with Gasteiger partial charge in [0.25, 0.3) is 0 Å². The highest BCUT2D eigenvalue weighted by molar-refractivity contribution is 6.30. The molecule has 0 aliphatic carbocycles. The van der Waals surface area contributed by atoms with Crippen molar-refractivity contribution in [3.05, 3.63) is 56.5 Å². The predicted octanol–water partition coefficient (Wildman–Crippen LogP) is 2.29. The number of hydrogen-bond acceptors (Lipinski definition) is 4. The molecule has 1 heterocycles. The quantitative estimate of drug-likeness (QED) is 0.797. The van der Waals surface area contributed by atoms with Crippen molar-refractivity contribution in [3.63, 3.8) is 0 Å². The fourth-order valence-corrected chi connectivity index (χ4v) is 1.96. The van der Waals surface area contributed by atoms with E-state index in [1.165, 1.54) is 11.8 Å². The van der Waals surface area contributed by atoms with Crippen LogP contribution in [0.2, 0.25) is 5.02 Å². The summed E-state index contributed by atoms with van der Waals surface area (Å²) in [7, 11) is 1.21. The molecular formula is C14H13ClN2O3. The molecule has 0 saturated carbocycles. The molecule has 0 aliphatic rings. The third kappa shape index (κ3) is 2.58. The Morgan fingerprint density at radius 3 is 2.65 bits per heavy atom. The first-order valence-corrected chi connectivity index (χ1v) is 6.27. The molecule has 1 aromatic carbocycles. The van der Waals surface area contributed by atoms with Crippen LogP contribution in [-0.4, -0.2) is 22.9 Å². The number of benzene rings is 1. The minimum Gasteiger partial charge on any atom is -0.464 e. The molecule has 0 amide bonds. The lowest BCUT2D eigenvalue weighted by Crippen LogP contribution is -2.24. The Labute approximate surface area is 120 Å². The standard InChI is InChI=1S/C14H13ClN2O3/c1-8-4-5-10(15)6-11(8)17-7-9(2)13(18)12(16-17)14(19)20-3/h4-7H,1-3H3. The second-order valence-electron chi connectivity index (χ2n) is 4.36. The highest BCUT2D eigenvalue weighted by Gasteiger charge is 2.16. The summed E-state index contributed by atoms with van der Waals surface area (Å²) in [5.41, 5.74) is 1.34. The fourth-order valence-electron chi connectivity index (χ4n) is 1.79. The van der Waals surface area contributed by atoms with Crippen molar-refractivity contribution in [1.29, 1.82) is 0 Å². The van der Waals surface area contributed by atoms with E-state index in [2.05, 4.69) is 9.84 Å². The van der Waals surface area contributed by atoms with E-state index in [1.54, 1.807) is 25.3 Å². The highest BCUT2D eigenvalue weighted by Crippen LogP contribution is 2.18. The van der Waals surface area contributed by atoms with Crippen LogP contribution in [0.15, 0.2) is 29.2 Å². The van der Waals surface area contributed by atoms with Crippen LogP contribution in [0.5, 0.6) is 0 Å². The topological polar surface area (TPSA) is 61.2 Å². The molecule has 0 spiro atoms. The first-order valence-electron chi connectivity index (χ1n) is 5.89. The summed E-state index contributed by atoms with van der Waals surface area (Å²) < 4.78 is 6.04. The summed E-state index contributed by atoms with van der Waals surface area (Å²) in [5.74, 6) is -0.757. The van der Waals surface area contributed by atoms with Crippen molar-refractivity contribution in [2.45, 2.75) is 13.8 Å². The molecule has 0 unspecified atom stereocenters. The zero-order valence-corrected chi connectivity index (χ0v) is 12.1. The second-order valence-corrected chi connectivity index (χ2v) is 4.79. The minimum absolute atomic E-state index is 0.244. The number of halogens is 1. The molecule has 1 aromatic heterocycles. The molecular weight excluding hydrogens is 280 g/mol. The van der Waals surface area contributed by atoms with Crippen molar-refractivity contribution < 1.29 is 9.53 Å². The molecule has 2 aromatic rings. The molecule has 5 nitrogen and oxygen atoms in total. The number of aryl methyl sites for hydroxylation is 2. The number of carbonyl (C=O) groups is 1. The second kappa shape index (κ2) is 5.46. The number of ether oxygens (including phenoxy) is 1. The Bertz CT molecular complexity index is 738. The monoisotopic (exact) mass is 292 g/mol. The van der Waals surface area contributed by atoms with Gasteiger partial charge in [0, 0.05) is 16.8 Å². The number of esters is 1. The van der Waals surface area contributed by atoms with Gasteiger partial charge in [-0.25, -0.2) is 9.48 Å². The highest BCUT2D eigenvalue weighted by atomic mass is 35.5. The smallest absolute Gasteiger partial charge is 0.362 e. The van der Waals surface area contributed by atoms with Crippen LogP contribution in [0.4, 0.5) is 0 Å². The van der Waals surface area contributed by atoms with Crippen LogP contribution < -0.4 is 5.43 Å². The lowest BCUT2D eigenvalue weighted by atomic mass is 10.2. The van der Waals surface area contributed by atoms with Gasteiger partial charge in [-0.1, -0.05) is 17.7 Å². The van der Waals surface area contributed by atoms with Crippen LogP contribution in [0.3, 0.4) is 0 Å². The summed E-state index contributed by atoms with van der Waals surface area (Å²) in [5, 5.41) is 4.59. The van der Waals surface area contributed by atoms with Crippen molar-refractivity contribution in [2.24, 2.45) is 0 Å². The summed E-state index contributed by atoms with van der Waals surface area (Å²) in [6.07, 6.45) is 1.56. The lowest BCUT2D eigenvalue weighted by molar-refractivity contribution is 0.0590. The van der Waals surface area contributed by atoms with Crippen molar-refractivity contribution in [2.75, 3.05) is 7.11 Å². The predicted molar refractivity (Wildman–Crippen MR) is 75.7 cm³/mol. The van der Waals surface area contributed by atoms with Crippen molar-refractivity contribution in [3.8, 4) is 5.69 Å². The van der Waals surface area contributed by atoms with E-state index in [0.29, 0.717) is 16.3 Å². The van der Waals surface area contributed by atoms with Crippen LogP contribution in [0.1, 0.15) is 21.6 Å². The maximum absolute atomic E-state index is 11.9. The van der Waals surface area contributed by atoms with Crippen LogP contribution >= 0.6 is 11.6 Å². The Morgan fingerprint density at radius 2 is 2.00 bits per heavy atom. The van der Waals surface area contributed by atoms with E-state index in [1.807, 2.05) is 13.0 Å². The summed E-state index contributed by atoms with van der Waals surface area (Å²) in [6.45, 7) is 3.51. The van der Waals surface area contributed by atoms with E-state index < -0.39 is 11.4 Å². The van der Waals surface area contributed by atoms with Crippen LogP contribution in [0, 0.1) is 13.8 Å². The van der Waals surface area contributed by atoms with Crippen molar-refractivity contribution >= 4 is 17.6 Å². The molecule has 104 valence electrons. The molecule has 6 heteroatoms. The van der Waals surface area contributed by atoms with Gasteiger partial charge >= 0.3 is 5.97 Å². The molecule has 0 bridgehead atoms. The average Bonchev–Trinajstić information content (AvgIpc) is 2.43. The Hall–Kier alpha value is -2.14. The van der Waals surface area contributed by atoms with Gasteiger partial charge in [-0.05, 0) is 31.5 Å². The largest absolute Gasteiger partial charge is 0.464 e. The summed E-state index contributed by atoms with van der Waals surface area (Å²) >= 11 is 5.97. The van der Waals surface area contributed by atoms with Gasteiger partial charge in [0.15, 0.2) is 0 Å². The fraction of sp³-hybridized carbons (Fsp3) is 0.214. The average molecular weight is 293 g/mol. The van der Waals surface area contributed by atoms with Gasteiger partial charge in [-0.2, -0.15) is 5.10 Å². The van der Waals surface area contributed by atoms with Gasteiger partial charge < -0.3 is 4.74 Å². The van der Waals surface area contributed by atoms with Crippen LogP contribution in [0.25, 0.3) is 5.69 Å². The zero-order chi connectivity index (χ0) is 14.9. The maximum Gasteiger partial charge on any atom is 0.362 e. The Balaban J connectivity index is 2.70. The molecule has 0 atom stereocenters. The van der Waals surface area contributed by atoms with Gasteiger partial charge in [0.2, 0.25) is 11.1 Å². The van der Waals surface area contributed by atoms with Crippen LogP contribution in [-0.2, 0) is 4.74 Å². The van der Waals surface area contributed by atoms with Gasteiger partial charge in [0.05, 0.1) is 12.8 Å². The first-order chi connectivity index (χ1) is 9.43. The van der Waals surface area contributed by atoms with Crippen molar-refractivity contribution in [1.82, 2.24) is 9.78 Å². The van der Waals surface area contributed by atoms with Gasteiger partial charge in [0.1, 0.15) is 0 Å².